The number of carbonyl (C=O) groups excluding carboxylic acids is 1. The first-order valence-corrected chi connectivity index (χ1v) is 9.94. The van der Waals surface area contributed by atoms with Gasteiger partial charge < -0.3 is 14.8 Å². The molecule has 3 rings (SSSR count). The number of anilines is 1. The van der Waals surface area contributed by atoms with Crippen molar-refractivity contribution in [1.82, 2.24) is 9.78 Å². The molecule has 1 heterocycles. The van der Waals surface area contributed by atoms with Crippen LogP contribution in [-0.4, -0.2) is 28.9 Å². The largest absolute Gasteiger partial charge is 0.490 e. The molecule has 0 unspecified atom stereocenters. The van der Waals surface area contributed by atoms with Gasteiger partial charge in [0.05, 0.1) is 19.8 Å². The highest BCUT2D eigenvalue weighted by Crippen LogP contribution is 2.29. The van der Waals surface area contributed by atoms with Crippen molar-refractivity contribution in [3.63, 3.8) is 0 Å². The summed E-state index contributed by atoms with van der Waals surface area (Å²) in [4.78, 5) is 12.7. The number of hydrogen-bond donors (Lipinski definition) is 1. The van der Waals surface area contributed by atoms with Gasteiger partial charge in [-0.3, -0.25) is 9.48 Å². The van der Waals surface area contributed by atoms with Crippen molar-refractivity contribution in [2.24, 2.45) is 0 Å². The van der Waals surface area contributed by atoms with Crippen molar-refractivity contribution in [3.8, 4) is 11.5 Å². The number of ether oxygens (including phenoxy) is 2. The number of rotatable bonds is 8. The highest BCUT2D eigenvalue weighted by atomic mass is 35.5. The van der Waals surface area contributed by atoms with Crippen LogP contribution in [0.4, 0.5) is 5.82 Å². The number of halogens is 2. The Morgan fingerprint density at radius 2 is 1.72 bits per heavy atom. The van der Waals surface area contributed by atoms with Crippen molar-refractivity contribution >= 4 is 34.9 Å². The van der Waals surface area contributed by atoms with Crippen LogP contribution in [0, 0.1) is 0 Å². The average molecular weight is 434 g/mol. The third-order valence-electron chi connectivity index (χ3n) is 4.01. The highest BCUT2D eigenvalue weighted by molar-refractivity contribution is 6.33. The number of amides is 1. The summed E-state index contributed by atoms with van der Waals surface area (Å²) in [6, 6.07) is 12.5. The van der Waals surface area contributed by atoms with E-state index < -0.39 is 0 Å². The third-order valence-corrected chi connectivity index (χ3v) is 4.54. The minimum absolute atomic E-state index is 0.289. The molecule has 3 aromatic rings. The smallest absolute Gasteiger partial charge is 0.257 e. The van der Waals surface area contributed by atoms with Gasteiger partial charge in [-0.05, 0) is 49.7 Å². The Hall–Kier alpha value is -2.70. The number of carbonyl (C=O) groups is 1. The van der Waals surface area contributed by atoms with Crippen molar-refractivity contribution in [3.05, 3.63) is 69.8 Å². The fourth-order valence-corrected chi connectivity index (χ4v) is 3.04. The van der Waals surface area contributed by atoms with Gasteiger partial charge >= 0.3 is 0 Å². The van der Waals surface area contributed by atoms with E-state index in [1.807, 2.05) is 38.1 Å². The van der Waals surface area contributed by atoms with E-state index in [9.17, 15) is 4.79 Å². The lowest BCUT2D eigenvalue weighted by atomic mass is 10.2. The SMILES string of the molecule is CCOc1ccc(C(=O)Nc2nn(Cc3ccc(Cl)cc3)cc2Cl)cc1OCC. The molecule has 0 atom stereocenters. The Morgan fingerprint density at radius 1 is 1.03 bits per heavy atom. The molecular formula is C21H21Cl2N3O3. The summed E-state index contributed by atoms with van der Waals surface area (Å²) in [6.45, 7) is 5.23. The molecule has 1 N–H and O–H groups in total. The van der Waals surface area contributed by atoms with Crippen molar-refractivity contribution in [2.45, 2.75) is 20.4 Å². The summed E-state index contributed by atoms with van der Waals surface area (Å²) in [6.07, 6.45) is 1.66. The van der Waals surface area contributed by atoms with E-state index in [4.69, 9.17) is 32.7 Å². The molecule has 6 nitrogen and oxygen atoms in total. The van der Waals surface area contributed by atoms with E-state index in [0.29, 0.717) is 46.9 Å². The molecule has 2 aromatic carbocycles. The summed E-state index contributed by atoms with van der Waals surface area (Å²) in [5.74, 6) is 1.06. The van der Waals surface area contributed by atoms with Crippen LogP contribution in [0.2, 0.25) is 10.0 Å². The van der Waals surface area contributed by atoms with Crippen molar-refractivity contribution < 1.29 is 14.3 Å². The molecule has 1 amide bonds. The lowest BCUT2D eigenvalue weighted by Gasteiger charge is -2.12. The number of hydrogen-bond acceptors (Lipinski definition) is 4. The molecule has 152 valence electrons. The first-order chi connectivity index (χ1) is 14.0. The average Bonchev–Trinajstić information content (AvgIpc) is 3.04. The van der Waals surface area contributed by atoms with Crippen LogP contribution in [0.5, 0.6) is 11.5 Å². The summed E-state index contributed by atoms with van der Waals surface area (Å²) in [7, 11) is 0. The number of nitrogens with zero attached hydrogens (tertiary/aromatic N) is 2. The maximum atomic E-state index is 12.7. The maximum Gasteiger partial charge on any atom is 0.257 e. The summed E-state index contributed by atoms with van der Waals surface area (Å²) < 4.78 is 12.8. The molecule has 8 heteroatoms. The molecule has 0 aliphatic rings. The van der Waals surface area contributed by atoms with Gasteiger partial charge in [0.2, 0.25) is 0 Å². The highest BCUT2D eigenvalue weighted by Gasteiger charge is 2.15. The molecule has 0 saturated carbocycles. The first-order valence-electron chi connectivity index (χ1n) is 9.18. The van der Waals surface area contributed by atoms with Gasteiger partial charge in [-0.25, -0.2) is 0 Å². The summed E-state index contributed by atoms with van der Waals surface area (Å²) in [5, 5.41) is 8.12. The van der Waals surface area contributed by atoms with Crippen LogP contribution in [0.25, 0.3) is 0 Å². The third kappa shape index (κ3) is 5.43. The molecule has 1 aromatic heterocycles. The number of aromatic nitrogens is 2. The van der Waals surface area contributed by atoms with Crippen LogP contribution in [0.15, 0.2) is 48.7 Å². The van der Waals surface area contributed by atoms with Crippen LogP contribution in [-0.2, 0) is 6.54 Å². The lowest BCUT2D eigenvalue weighted by molar-refractivity contribution is 0.102. The topological polar surface area (TPSA) is 65.4 Å². The second kappa shape index (κ2) is 9.67. The zero-order valence-electron chi connectivity index (χ0n) is 16.1. The number of benzene rings is 2. The zero-order valence-corrected chi connectivity index (χ0v) is 17.6. The predicted octanol–water partition coefficient (Wildman–Crippen LogP) is 5.29. The van der Waals surface area contributed by atoms with Gasteiger partial charge in [0.1, 0.15) is 5.02 Å². The first kappa shape index (κ1) is 21.0. The van der Waals surface area contributed by atoms with E-state index in [1.54, 1.807) is 29.1 Å². The van der Waals surface area contributed by atoms with E-state index >= 15 is 0 Å². The van der Waals surface area contributed by atoms with Crippen LogP contribution in [0.1, 0.15) is 29.8 Å². The van der Waals surface area contributed by atoms with Gasteiger partial charge in [-0.2, -0.15) is 5.10 Å². The standard InChI is InChI=1S/C21H21Cl2N3O3/c1-3-28-18-10-7-15(11-19(18)29-4-2)21(27)24-20-17(23)13-26(25-20)12-14-5-8-16(22)9-6-14/h5-11,13H,3-4,12H2,1-2H3,(H,24,25,27). The van der Waals surface area contributed by atoms with Crippen LogP contribution >= 0.6 is 23.2 Å². The second-order valence-electron chi connectivity index (χ2n) is 6.13. The zero-order chi connectivity index (χ0) is 20.8. The van der Waals surface area contributed by atoms with E-state index in [2.05, 4.69) is 10.4 Å². The Balaban J connectivity index is 1.74. The molecule has 0 bridgehead atoms. The van der Waals surface area contributed by atoms with Crippen molar-refractivity contribution in [2.75, 3.05) is 18.5 Å². The second-order valence-corrected chi connectivity index (χ2v) is 6.97. The van der Waals surface area contributed by atoms with E-state index in [0.717, 1.165) is 5.56 Å². The van der Waals surface area contributed by atoms with Crippen molar-refractivity contribution in [1.29, 1.82) is 0 Å². The minimum Gasteiger partial charge on any atom is -0.490 e. The Morgan fingerprint density at radius 3 is 2.41 bits per heavy atom. The summed E-state index contributed by atoms with van der Waals surface area (Å²) in [5.41, 5.74) is 1.43. The Bertz CT molecular complexity index is 987. The molecule has 0 radical (unpaired) electrons. The maximum absolute atomic E-state index is 12.7. The predicted molar refractivity (Wildman–Crippen MR) is 115 cm³/mol. The minimum atomic E-state index is -0.340. The lowest BCUT2D eigenvalue weighted by Crippen LogP contribution is -2.13. The van der Waals surface area contributed by atoms with E-state index in [-0.39, 0.29) is 11.7 Å². The molecule has 0 fully saturated rings. The van der Waals surface area contributed by atoms with Gasteiger partial charge in [-0.15, -0.1) is 0 Å². The van der Waals surface area contributed by atoms with Gasteiger partial charge in [0.25, 0.3) is 5.91 Å². The molecule has 29 heavy (non-hydrogen) atoms. The van der Waals surface area contributed by atoms with Gasteiger partial charge in [-0.1, -0.05) is 35.3 Å². The van der Waals surface area contributed by atoms with Gasteiger partial charge in [0.15, 0.2) is 17.3 Å². The summed E-state index contributed by atoms with van der Waals surface area (Å²) >= 11 is 12.2. The van der Waals surface area contributed by atoms with E-state index in [1.165, 1.54) is 0 Å². The molecule has 0 spiro atoms. The Labute approximate surface area is 179 Å². The fourth-order valence-electron chi connectivity index (χ4n) is 2.71. The molecular weight excluding hydrogens is 413 g/mol. The molecule has 0 aliphatic carbocycles. The monoisotopic (exact) mass is 433 g/mol. The number of nitrogens with one attached hydrogen (secondary N) is 1. The molecule has 0 aliphatic heterocycles. The quantitative estimate of drug-likeness (QED) is 0.524. The van der Waals surface area contributed by atoms with Crippen LogP contribution < -0.4 is 14.8 Å². The Kier molecular flexibility index (Phi) is 7.01. The normalized spacial score (nSPS) is 10.6. The molecule has 0 saturated heterocycles. The van der Waals surface area contributed by atoms with Crippen LogP contribution in [0.3, 0.4) is 0 Å². The fraction of sp³-hybridized carbons (Fsp3) is 0.238. The van der Waals surface area contributed by atoms with Gasteiger partial charge in [0, 0.05) is 16.8 Å².